The van der Waals surface area contributed by atoms with Gasteiger partial charge in [0.2, 0.25) is 0 Å². The number of aliphatic hydroxyl groups is 1. The van der Waals surface area contributed by atoms with E-state index < -0.39 is 0 Å². The third kappa shape index (κ3) is 3.63. The number of aryl methyl sites for hydroxylation is 1. The number of hydrogen-bond acceptors (Lipinski definition) is 6. The highest BCUT2D eigenvalue weighted by Crippen LogP contribution is 2.36. The molecular formula is C18H25N3O4. The van der Waals surface area contributed by atoms with E-state index in [9.17, 15) is 5.11 Å². The molecule has 1 aliphatic rings. The van der Waals surface area contributed by atoms with Crippen molar-refractivity contribution in [3.8, 4) is 11.5 Å². The number of nitrogens with zero attached hydrogens (tertiary/aromatic N) is 2. The number of aromatic amines is 1. The monoisotopic (exact) mass is 347 g/mol. The van der Waals surface area contributed by atoms with Gasteiger partial charge in [-0.3, -0.25) is 4.90 Å². The number of aromatic nitrogens is 2. The van der Waals surface area contributed by atoms with Crippen LogP contribution in [0, 0.1) is 6.92 Å². The minimum absolute atomic E-state index is 0.0466. The Kier molecular flexibility index (Phi) is 5.57. The van der Waals surface area contributed by atoms with Crippen molar-refractivity contribution >= 4 is 0 Å². The third-order valence-electron chi connectivity index (χ3n) is 4.67. The SMILES string of the molecule is COc1ccc([C@@H]2[C@@H](CO)OCCN2Cc2nc[nH]c2C)cc1OC. The van der Waals surface area contributed by atoms with E-state index in [1.807, 2.05) is 25.1 Å². The number of benzene rings is 1. The molecule has 2 N–H and O–H groups in total. The summed E-state index contributed by atoms with van der Waals surface area (Å²) in [6.07, 6.45) is 1.41. The van der Waals surface area contributed by atoms with Crippen molar-refractivity contribution in [2.24, 2.45) is 0 Å². The lowest BCUT2D eigenvalue weighted by Gasteiger charge is -2.40. The van der Waals surface area contributed by atoms with E-state index in [0.717, 1.165) is 23.5 Å². The molecule has 0 spiro atoms. The van der Waals surface area contributed by atoms with E-state index in [4.69, 9.17) is 14.2 Å². The summed E-state index contributed by atoms with van der Waals surface area (Å²) >= 11 is 0. The molecule has 1 fully saturated rings. The lowest BCUT2D eigenvalue weighted by molar-refractivity contribution is -0.0964. The minimum Gasteiger partial charge on any atom is -0.493 e. The molecule has 2 atom stereocenters. The fourth-order valence-electron chi connectivity index (χ4n) is 3.32. The van der Waals surface area contributed by atoms with E-state index in [1.54, 1.807) is 20.5 Å². The van der Waals surface area contributed by atoms with E-state index in [0.29, 0.717) is 24.7 Å². The number of H-pyrrole nitrogens is 1. The largest absolute Gasteiger partial charge is 0.493 e. The molecule has 136 valence electrons. The van der Waals surface area contributed by atoms with Crippen molar-refractivity contribution < 1.29 is 19.3 Å². The Morgan fingerprint density at radius 2 is 2.12 bits per heavy atom. The zero-order valence-electron chi connectivity index (χ0n) is 14.9. The minimum atomic E-state index is -0.300. The van der Waals surface area contributed by atoms with Crippen molar-refractivity contribution in [2.45, 2.75) is 25.6 Å². The summed E-state index contributed by atoms with van der Waals surface area (Å²) in [5.41, 5.74) is 3.08. The lowest BCUT2D eigenvalue weighted by Crippen LogP contribution is -2.46. The van der Waals surface area contributed by atoms with Crippen LogP contribution in [0.5, 0.6) is 11.5 Å². The Morgan fingerprint density at radius 3 is 2.76 bits per heavy atom. The number of rotatable bonds is 6. The summed E-state index contributed by atoms with van der Waals surface area (Å²) in [4.78, 5) is 9.81. The van der Waals surface area contributed by atoms with Crippen LogP contribution >= 0.6 is 0 Å². The summed E-state index contributed by atoms with van der Waals surface area (Å²) in [6, 6.07) is 5.74. The van der Waals surface area contributed by atoms with Crippen LogP contribution in [0.2, 0.25) is 0 Å². The summed E-state index contributed by atoms with van der Waals surface area (Å²) in [6.45, 7) is 4.00. The van der Waals surface area contributed by atoms with Gasteiger partial charge in [-0.25, -0.2) is 4.98 Å². The standard InChI is InChI=1S/C18H25N3O4/c1-12-14(20-11-19-12)9-21-6-7-25-17(10-22)18(21)13-4-5-15(23-2)16(8-13)24-3/h4-5,8,11,17-18,22H,6-7,9-10H2,1-3H3,(H,19,20)/t17-,18-/m1/s1. The third-order valence-corrected chi connectivity index (χ3v) is 4.67. The zero-order chi connectivity index (χ0) is 17.8. The number of aliphatic hydroxyl groups excluding tert-OH is 1. The highest BCUT2D eigenvalue weighted by molar-refractivity contribution is 5.44. The average Bonchev–Trinajstić information content (AvgIpc) is 3.05. The molecule has 0 amide bonds. The van der Waals surface area contributed by atoms with Crippen LogP contribution in [0.1, 0.15) is 23.0 Å². The average molecular weight is 347 g/mol. The summed E-state index contributed by atoms with van der Waals surface area (Å²) < 4.78 is 16.6. The number of methoxy groups -OCH3 is 2. The molecule has 1 aliphatic heterocycles. The van der Waals surface area contributed by atoms with Gasteiger partial charge in [-0.15, -0.1) is 0 Å². The first kappa shape index (κ1) is 17.7. The van der Waals surface area contributed by atoms with Gasteiger partial charge in [0.15, 0.2) is 11.5 Å². The van der Waals surface area contributed by atoms with Gasteiger partial charge in [0.25, 0.3) is 0 Å². The van der Waals surface area contributed by atoms with Gasteiger partial charge in [-0.2, -0.15) is 0 Å². The molecule has 2 heterocycles. The predicted molar refractivity (Wildman–Crippen MR) is 92.8 cm³/mol. The molecule has 1 aromatic carbocycles. The zero-order valence-corrected chi connectivity index (χ0v) is 14.9. The van der Waals surface area contributed by atoms with Crippen LogP contribution in [0.25, 0.3) is 0 Å². The molecule has 7 heteroatoms. The second-order valence-electron chi connectivity index (χ2n) is 6.10. The van der Waals surface area contributed by atoms with Gasteiger partial charge in [-0.1, -0.05) is 6.07 Å². The van der Waals surface area contributed by atoms with Gasteiger partial charge in [-0.05, 0) is 24.6 Å². The normalized spacial score (nSPS) is 21.3. The van der Waals surface area contributed by atoms with Gasteiger partial charge >= 0.3 is 0 Å². The molecule has 2 aromatic rings. The van der Waals surface area contributed by atoms with Crippen LogP contribution < -0.4 is 9.47 Å². The quantitative estimate of drug-likeness (QED) is 0.827. The molecule has 0 radical (unpaired) electrons. The summed E-state index contributed by atoms with van der Waals surface area (Å²) in [5.74, 6) is 1.34. The maximum absolute atomic E-state index is 9.82. The summed E-state index contributed by atoms with van der Waals surface area (Å²) in [5, 5.41) is 9.82. The number of hydrogen-bond donors (Lipinski definition) is 2. The van der Waals surface area contributed by atoms with Gasteiger partial charge in [0.1, 0.15) is 6.10 Å². The smallest absolute Gasteiger partial charge is 0.161 e. The molecule has 1 aromatic heterocycles. The molecule has 1 saturated heterocycles. The molecule has 0 unspecified atom stereocenters. The van der Waals surface area contributed by atoms with Crippen molar-refractivity contribution in [2.75, 3.05) is 34.0 Å². The van der Waals surface area contributed by atoms with Crippen molar-refractivity contribution in [1.82, 2.24) is 14.9 Å². The van der Waals surface area contributed by atoms with Crippen molar-refractivity contribution in [3.05, 3.63) is 41.5 Å². The molecule has 3 rings (SSSR count). The Balaban J connectivity index is 1.93. The number of imidazole rings is 1. The molecular weight excluding hydrogens is 322 g/mol. The number of nitrogens with one attached hydrogen (secondary N) is 1. The molecule has 7 nitrogen and oxygen atoms in total. The Hall–Kier alpha value is -2.09. The van der Waals surface area contributed by atoms with Gasteiger partial charge in [0, 0.05) is 18.8 Å². The maximum atomic E-state index is 9.82. The molecule has 0 saturated carbocycles. The maximum Gasteiger partial charge on any atom is 0.161 e. The van der Waals surface area contributed by atoms with E-state index in [-0.39, 0.29) is 18.8 Å². The Morgan fingerprint density at radius 1 is 1.32 bits per heavy atom. The molecule has 0 bridgehead atoms. The molecule has 0 aliphatic carbocycles. The Bertz CT molecular complexity index is 703. The fourth-order valence-corrected chi connectivity index (χ4v) is 3.32. The van der Waals surface area contributed by atoms with Crippen LogP contribution in [0.15, 0.2) is 24.5 Å². The number of morpholine rings is 1. The van der Waals surface area contributed by atoms with Crippen molar-refractivity contribution in [3.63, 3.8) is 0 Å². The van der Waals surface area contributed by atoms with Gasteiger partial charge < -0.3 is 24.3 Å². The predicted octanol–water partition coefficient (Wildman–Crippen LogP) is 1.67. The van der Waals surface area contributed by atoms with Crippen LogP contribution in [0.3, 0.4) is 0 Å². The first-order chi connectivity index (χ1) is 12.2. The highest BCUT2D eigenvalue weighted by Gasteiger charge is 2.34. The van der Waals surface area contributed by atoms with Crippen LogP contribution in [0.4, 0.5) is 0 Å². The first-order valence-electron chi connectivity index (χ1n) is 8.35. The first-order valence-corrected chi connectivity index (χ1v) is 8.35. The van der Waals surface area contributed by atoms with E-state index in [1.165, 1.54) is 0 Å². The van der Waals surface area contributed by atoms with Gasteiger partial charge in [0.05, 0.1) is 45.5 Å². The summed E-state index contributed by atoms with van der Waals surface area (Å²) in [7, 11) is 3.23. The highest BCUT2D eigenvalue weighted by atomic mass is 16.5. The van der Waals surface area contributed by atoms with Crippen LogP contribution in [-0.2, 0) is 11.3 Å². The lowest BCUT2D eigenvalue weighted by atomic mass is 9.97. The van der Waals surface area contributed by atoms with E-state index in [2.05, 4.69) is 14.9 Å². The van der Waals surface area contributed by atoms with Crippen molar-refractivity contribution in [1.29, 1.82) is 0 Å². The topological polar surface area (TPSA) is 79.8 Å². The van der Waals surface area contributed by atoms with E-state index >= 15 is 0 Å². The number of ether oxygens (including phenoxy) is 3. The van der Waals surface area contributed by atoms with Crippen LogP contribution in [-0.4, -0.2) is 60.1 Å². The fraction of sp³-hybridized carbons (Fsp3) is 0.500. The second-order valence-corrected chi connectivity index (χ2v) is 6.10. The molecule has 25 heavy (non-hydrogen) atoms. The Labute approximate surface area is 147 Å². The second kappa shape index (κ2) is 7.86.